The first-order valence-corrected chi connectivity index (χ1v) is 21.7. The van der Waals surface area contributed by atoms with E-state index in [1.54, 1.807) is 13.8 Å². The highest BCUT2D eigenvalue weighted by Gasteiger charge is 2.21. The van der Waals surface area contributed by atoms with Crippen molar-refractivity contribution in [2.45, 2.75) is 33.4 Å². The van der Waals surface area contributed by atoms with Gasteiger partial charge in [-0.25, -0.2) is 21.6 Å². The van der Waals surface area contributed by atoms with E-state index in [0.29, 0.717) is 11.1 Å². The van der Waals surface area contributed by atoms with Gasteiger partial charge in [-0.1, -0.05) is 0 Å². The molecular weight excluding hydrogens is 813 g/mol. The Labute approximate surface area is 320 Å². The van der Waals surface area contributed by atoms with Crippen molar-refractivity contribution in [1.82, 2.24) is 0 Å². The van der Waals surface area contributed by atoms with Gasteiger partial charge >= 0.3 is 6.03 Å². The molecule has 21 heteroatoms. The molecule has 0 spiro atoms. The molecular formula is C35H30N4O13S4. The number of benzene rings is 6. The third-order valence-corrected chi connectivity index (χ3v) is 12.8. The zero-order valence-electron chi connectivity index (χ0n) is 28.8. The third kappa shape index (κ3) is 8.46. The number of nitrogens with one attached hydrogen (secondary N) is 4. The predicted molar refractivity (Wildman–Crippen MR) is 207 cm³/mol. The van der Waals surface area contributed by atoms with Crippen molar-refractivity contribution in [2.75, 3.05) is 20.1 Å². The number of phenols is 2. The fourth-order valence-corrected chi connectivity index (χ4v) is 9.00. The summed E-state index contributed by atoms with van der Waals surface area (Å²) in [7, 11) is -17.7. The van der Waals surface area contributed by atoms with Crippen LogP contribution >= 0.6 is 0 Å². The first kappa shape index (κ1) is 39.7. The average molecular weight is 843 g/mol. The van der Waals surface area contributed by atoms with E-state index < -0.39 is 67.6 Å². The van der Waals surface area contributed by atoms with E-state index in [4.69, 9.17) is 0 Å². The Kier molecular flexibility index (Phi) is 10.1. The molecule has 0 aromatic heterocycles. The average Bonchev–Trinajstić information content (AvgIpc) is 3.08. The second kappa shape index (κ2) is 14.3. The zero-order chi connectivity index (χ0) is 41.0. The van der Waals surface area contributed by atoms with Crippen molar-refractivity contribution in [3.63, 3.8) is 0 Å². The molecule has 56 heavy (non-hydrogen) atoms. The monoisotopic (exact) mass is 842 g/mol. The number of fused-ring (bicyclic) bond motifs is 2. The highest BCUT2D eigenvalue weighted by molar-refractivity contribution is 7.93. The van der Waals surface area contributed by atoms with Crippen molar-refractivity contribution in [1.29, 1.82) is 0 Å². The van der Waals surface area contributed by atoms with E-state index in [2.05, 4.69) is 20.1 Å². The first-order chi connectivity index (χ1) is 26.0. The molecule has 0 atom stereocenters. The molecule has 0 aliphatic rings. The normalized spacial score (nSPS) is 12.4. The number of amides is 2. The van der Waals surface area contributed by atoms with Crippen molar-refractivity contribution < 1.29 is 57.8 Å². The van der Waals surface area contributed by atoms with Crippen LogP contribution in [0.3, 0.4) is 0 Å². The number of aryl methyl sites for hydroxylation is 2. The molecule has 0 radical (unpaired) electrons. The summed E-state index contributed by atoms with van der Waals surface area (Å²) < 4.78 is 123. The third-order valence-electron chi connectivity index (χ3n) is 8.42. The molecule has 8 N–H and O–H groups in total. The molecule has 6 aromatic rings. The fraction of sp³-hybridized carbons (Fsp3) is 0.0571. The topological polar surface area (TPSA) is 283 Å². The molecule has 292 valence electrons. The standard InChI is InChI=1S/C35H30N4O13S4/c1-19-11-25(53(43,44)38-23-3-7-29-21(13-23)15-27(17-33(29)40)55(47,48)49)5-9-31(19)36-35(42)37-32-10-6-26(12-20(32)2)54(45,46)39-24-4-8-30-22(14-24)16-28(18-34(30)41)56(50,51)52/h3-18,38-41H,1-2H3,(H2,36,37,42)(H,47,48,49)(H,50,51,52). The Balaban J connectivity index is 1.13. The molecule has 0 aliphatic heterocycles. The fourth-order valence-electron chi connectivity index (χ4n) is 5.66. The zero-order valence-corrected chi connectivity index (χ0v) is 32.1. The molecule has 0 saturated carbocycles. The minimum atomic E-state index is -4.65. The molecule has 6 rings (SSSR count). The largest absolute Gasteiger partial charge is 0.507 e. The number of aromatic hydroxyl groups is 2. The number of rotatable bonds is 10. The smallest absolute Gasteiger partial charge is 0.323 e. The summed E-state index contributed by atoms with van der Waals surface area (Å²) in [5, 5.41) is 26.2. The van der Waals surface area contributed by atoms with Crippen LogP contribution in [0.25, 0.3) is 21.5 Å². The van der Waals surface area contributed by atoms with Gasteiger partial charge in [0.25, 0.3) is 40.3 Å². The van der Waals surface area contributed by atoms with Crippen LogP contribution < -0.4 is 20.1 Å². The summed E-state index contributed by atoms with van der Waals surface area (Å²) in [5.74, 6) is -0.878. The maximum Gasteiger partial charge on any atom is 0.323 e. The van der Waals surface area contributed by atoms with Crippen LogP contribution in [-0.4, -0.2) is 59.0 Å². The van der Waals surface area contributed by atoms with Crippen LogP contribution in [0.2, 0.25) is 0 Å². The molecule has 6 aromatic carbocycles. The van der Waals surface area contributed by atoms with E-state index in [9.17, 15) is 57.8 Å². The van der Waals surface area contributed by atoms with Crippen molar-refractivity contribution in [3.8, 4) is 11.5 Å². The second-order valence-corrected chi connectivity index (χ2v) is 18.7. The Morgan fingerprint density at radius 3 is 1.20 bits per heavy atom. The van der Waals surface area contributed by atoms with Crippen molar-refractivity contribution in [3.05, 3.63) is 108 Å². The molecule has 0 saturated heterocycles. The maximum atomic E-state index is 13.2. The van der Waals surface area contributed by atoms with E-state index in [-0.39, 0.29) is 54.1 Å². The van der Waals surface area contributed by atoms with Gasteiger partial charge in [-0.2, -0.15) is 16.8 Å². The van der Waals surface area contributed by atoms with E-state index in [1.807, 2.05) is 0 Å². The Morgan fingerprint density at radius 1 is 0.482 bits per heavy atom. The van der Waals surface area contributed by atoms with Crippen molar-refractivity contribution in [2.24, 2.45) is 0 Å². The molecule has 0 fully saturated rings. The highest BCUT2D eigenvalue weighted by atomic mass is 32.2. The van der Waals surface area contributed by atoms with Gasteiger partial charge in [0, 0.05) is 45.7 Å². The lowest BCUT2D eigenvalue weighted by atomic mass is 10.1. The SMILES string of the molecule is Cc1cc(S(=O)(=O)Nc2ccc3c(O)cc(S(=O)(=O)O)cc3c2)ccc1NC(=O)Nc1ccc(S(=O)(=O)Nc2ccc3c(O)cc(S(=O)(=O)O)cc3c2)cc1C. The second-order valence-electron chi connectivity index (χ2n) is 12.5. The first-order valence-electron chi connectivity index (χ1n) is 15.8. The van der Waals surface area contributed by atoms with Gasteiger partial charge in [-0.15, -0.1) is 0 Å². The number of phenolic OH excluding ortho intramolecular Hbond substituents is 2. The number of hydrogen-bond acceptors (Lipinski definition) is 11. The molecule has 0 aliphatic carbocycles. The van der Waals surface area contributed by atoms with Gasteiger partial charge in [-0.3, -0.25) is 18.5 Å². The number of hydrogen-bond donors (Lipinski definition) is 8. The lowest BCUT2D eigenvalue weighted by molar-refractivity contribution is 0.262. The summed E-state index contributed by atoms with van der Waals surface area (Å²) in [6, 6.07) is 18.9. The highest BCUT2D eigenvalue weighted by Crippen LogP contribution is 2.33. The quantitative estimate of drug-likeness (QED) is 0.0763. The van der Waals surface area contributed by atoms with Gasteiger partial charge in [0.05, 0.1) is 19.6 Å². The van der Waals surface area contributed by atoms with Crippen LogP contribution in [0.15, 0.2) is 117 Å². The van der Waals surface area contributed by atoms with Gasteiger partial charge in [-0.05, 0) is 121 Å². The predicted octanol–water partition coefficient (Wildman–Crippen LogP) is 5.76. The van der Waals surface area contributed by atoms with Crippen LogP contribution in [0.5, 0.6) is 11.5 Å². The van der Waals surface area contributed by atoms with Gasteiger partial charge in [0.2, 0.25) is 0 Å². The van der Waals surface area contributed by atoms with E-state index in [1.165, 1.54) is 72.8 Å². The van der Waals surface area contributed by atoms with Gasteiger partial charge < -0.3 is 20.8 Å². The van der Waals surface area contributed by atoms with Crippen LogP contribution in [0.1, 0.15) is 11.1 Å². The lowest BCUT2D eigenvalue weighted by Gasteiger charge is -2.15. The number of anilines is 4. The van der Waals surface area contributed by atoms with Crippen molar-refractivity contribution >= 4 is 90.6 Å². The summed E-state index contributed by atoms with van der Waals surface area (Å²) in [4.78, 5) is 11.4. The Bertz CT molecular complexity index is 2880. The summed E-state index contributed by atoms with van der Waals surface area (Å²) in [6.45, 7) is 3.10. The van der Waals surface area contributed by atoms with Crippen LogP contribution in [0, 0.1) is 13.8 Å². The molecule has 0 unspecified atom stereocenters. The van der Waals surface area contributed by atoms with Gasteiger partial charge in [0.1, 0.15) is 11.5 Å². The van der Waals surface area contributed by atoms with E-state index in [0.717, 1.165) is 24.3 Å². The molecule has 0 heterocycles. The van der Waals surface area contributed by atoms with Gasteiger partial charge in [0.15, 0.2) is 0 Å². The summed E-state index contributed by atoms with van der Waals surface area (Å²) >= 11 is 0. The number of urea groups is 1. The number of sulfonamides is 2. The number of carbonyl (C=O) groups excluding carboxylic acids is 1. The Hall–Kier alpha value is -5.97. The van der Waals surface area contributed by atoms with E-state index >= 15 is 0 Å². The summed E-state index contributed by atoms with van der Waals surface area (Å²) in [5.41, 5.74) is 1.25. The summed E-state index contributed by atoms with van der Waals surface area (Å²) in [6.07, 6.45) is 0. The molecule has 17 nitrogen and oxygen atoms in total. The minimum Gasteiger partial charge on any atom is -0.507 e. The van der Waals surface area contributed by atoms with Crippen LogP contribution in [0.4, 0.5) is 27.5 Å². The minimum absolute atomic E-state index is 0.0280. The maximum absolute atomic E-state index is 13.2. The Morgan fingerprint density at radius 2 is 0.857 bits per heavy atom. The molecule has 0 bridgehead atoms. The molecule has 2 amide bonds. The lowest BCUT2D eigenvalue weighted by Crippen LogP contribution is -2.21. The number of carbonyl (C=O) groups is 1. The van der Waals surface area contributed by atoms with Crippen LogP contribution in [-0.2, 0) is 40.3 Å².